The molecule has 0 aliphatic heterocycles. The third kappa shape index (κ3) is 10.9. The van der Waals surface area contributed by atoms with E-state index in [2.05, 4.69) is 9.97 Å². The van der Waals surface area contributed by atoms with Crippen molar-refractivity contribution in [3.63, 3.8) is 0 Å². The zero-order valence-electron chi connectivity index (χ0n) is 25.1. The lowest BCUT2D eigenvalue weighted by Gasteiger charge is -2.10. The van der Waals surface area contributed by atoms with Crippen LogP contribution < -0.4 is 4.74 Å². The van der Waals surface area contributed by atoms with E-state index in [4.69, 9.17) is 28.4 Å². The summed E-state index contributed by atoms with van der Waals surface area (Å²) in [5, 5.41) is 11.3. The molecule has 2 aromatic carbocycles. The summed E-state index contributed by atoms with van der Waals surface area (Å²) in [5.41, 5.74) is 0.645. The molecule has 0 atom stereocenters. The number of pyridine rings is 2. The van der Waals surface area contributed by atoms with Gasteiger partial charge in [0.15, 0.2) is 11.6 Å². The fraction of sp³-hybridized carbons (Fsp3) is 0.333. The lowest BCUT2D eigenvalue weighted by Crippen LogP contribution is -2.14. The normalized spacial score (nSPS) is 11.1. The van der Waals surface area contributed by atoms with Gasteiger partial charge in [-0.3, -0.25) is 15.1 Å². The maximum atomic E-state index is 15.0. The first-order valence-corrected chi connectivity index (χ1v) is 14.6. The van der Waals surface area contributed by atoms with E-state index in [1.54, 1.807) is 0 Å². The largest absolute Gasteiger partial charge is 0.475 e. The third-order valence-electron chi connectivity index (χ3n) is 6.49. The highest BCUT2D eigenvalue weighted by Gasteiger charge is 2.22. The van der Waals surface area contributed by atoms with Crippen molar-refractivity contribution in [1.82, 2.24) is 9.97 Å². The van der Waals surface area contributed by atoms with Crippen molar-refractivity contribution in [2.24, 2.45) is 0 Å². The molecule has 0 saturated carbocycles. The Hall–Kier alpha value is -4.40. The van der Waals surface area contributed by atoms with Gasteiger partial charge >= 0.3 is 0 Å². The smallest absolute Gasteiger partial charge is 0.280 e. The quantitative estimate of drug-likeness (QED) is 0.0641. The molecule has 0 saturated heterocycles. The fourth-order valence-electron chi connectivity index (χ4n) is 4.21. The Morgan fingerprint density at radius 3 is 1.83 bits per heavy atom. The second-order valence-corrected chi connectivity index (χ2v) is 9.66. The van der Waals surface area contributed by atoms with Gasteiger partial charge in [0.05, 0.1) is 76.6 Å². The van der Waals surface area contributed by atoms with Crippen LogP contribution in [-0.4, -0.2) is 81.0 Å². The Kier molecular flexibility index (Phi) is 14.4. The van der Waals surface area contributed by atoms with Crippen LogP contribution in [0.4, 0.5) is 14.5 Å². The minimum atomic E-state index is -1.22. The van der Waals surface area contributed by atoms with Gasteiger partial charge in [0.1, 0.15) is 6.61 Å². The van der Waals surface area contributed by atoms with Gasteiger partial charge < -0.3 is 28.4 Å². The first kappa shape index (κ1) is 34.5. The summed E-state index contributed by atoms with van der Waals surface area (Å²) in [6, 6.07) is 16.8. The van der Waals surface area contributed by atoms with Crippen LogP contribution in [0.1, 0.15) is 5.56 Å². The zero-order valence-corrected chi connectivity index (χ0v) is 25.1. The van der Waals surface area contributed by atoms with Crippen molar-refractivity contribution in [1.29, 1.82) is 0 Å². The number of halogens is 2. The topological polar surface area (TPSA) is 124 Å². The summed E-state index contributed by atoms with van der Waals surface area (Å²) in [4.78, 5) is 18.6. The first-order valence-electron chi connectivity index (χ1n) is 14.6. The average Bonchev–Trinajstić information content (AvgIpc) is 3.08. The molecule has 4 aromatic rings. The van der Waals surface area contributed by atoms with Crippen molar-refractivity contribution in [3.05, 3.63) is 107 Å². The number of aromatic nitrogens is 2. The van der Waals surface area contributed by atoms with E-state index in [1.807, 2.05) is 30.3 Å². The molecule has 2 aromatic heterocycles. The third-order valence-corrected chi connectivity index (χ3v) is 6.49. The van der Waals surface area contributed by atoms with Crippen LogP contribution in [-0.2, 0) is 30.3 Å². The predicted octanol–water partition coefficient (Wildman–Crippen LogP) is 5.66. The molecule has 0 N–H and O–H groups in total. The van der Waals surface area contributed by atoms with Crippen molar-refractivity contribution in [3.8, 4) is 28.1 Å². The minimum Gasteiger partial charge on any atom is -0.475 e. The Morgan fingerprint density at radius 1 is 0.630 bits per heavy atom. The maximum Gasteiger partial charge on any atom is 0.280 e. The van der Waals surface area contributed by atoms with Crippen LogP contribution in [0.15, 0.2) is 79.3 Å². The summed E-state index contributed by atoms with van der Waals surface area (Å²) >= 11 is 0. The number of nitrogens with zero attached hydrogens (tertiary/aromatic N) is 3. The van der Waals surface area contributed by atoms with Gasteiger partial charge in [-0.05, 0) is 11.6 Å². The van der Waals surface area contributed by atoms with Gasteiger partial charge in [-0.2, -0.15) is 0 Å². The highest BCUT2D eigenvalue weighted by molar-refractivity contribution is 5.76. The summed E-state index contributed by atoms with van der Waals surface area (Å²) in [6.45, 7) is 4.77. The lowest BCUT2D eigenvalue weighted by molar-refractivity contribution is -0.384. The van der Waals surface area contributed by atoms with Crippen molar-refractivity contribution in [2.45, 2.75) is 6.61 Å². The van der Waals surface area contributed by atoms with Crippen molar-refractivity contribution >= 4 is 5.69 Å². The molecule has 0 fully saturated rings. The molecule has 0 bridgehead atoms. The number of ether oxygens (including phenoxy) is 6. The molecule has 13 heteroatoms. The molecule has 0 spiro atoms. The van der Waals surface area contributed by atoms with E-state index < -0.39 is 16.6 Å². The molecule has 46 heavy (non-hydrogen) atoms. The van der Waals surface area contributed by atoms with E-state index in [0.29, 0.717) is 71.6 Å². The van der Waals surface area contributed by atoms with Gasteiger partial charge in [-0.25, -0.2) is 13.8 Å². The van der Waals surface area contributed by atoms with Crippen LogP contribution in [0.3, 0.4) is 0 Å². The molecule has 0 radical (unpaired) electrons. The number of hydrogen-bond donors (Lipinski definition) is 0. The fourth-order valence-corrected chi connectivity index (χ4v) is 4.21. The van der Waals surface area contributed by atoms with Crippen LogP contribution in [0, 0.1) is 21.7 Å². The highest BCUT2D eigenvalue weighted by Crippen LogP contribution is 2.35. The molecule has 4 rings (SSSR count). The van der Waals surface area contributed by atoms with E-state index in [0.717, 1.165) is 17.8 Å². The highest BCUT2D eigenvalue weighted by atomic mass is 19.2. The zero-order chi connectivity index (χ0) is 32.4. The summed E-state index contributed by atoms with van der Waals surface area (Å²) in [7, 11) is 0. The molecule has 0 aliphatic carbocycles. The first-order chi connectivity index (χ1) is 22.5. The molecular formula is C33H35F2N3O8. The van der Waals surface area contributed by atoms with Crippen LogP contribution in [0.2, 0.25) is 0 Å². The van der Waals surface area contributed by atoms with Gasteiger partial charge in [0, 0.05) is 47.4 Å². The molecule has 0 amide bonds. The Balaban J connectivity index is 1.03. The minimum absolute atomic E-state index is 0.0471. The maximum absolute atomic E-state index is 15.0. The molecule has 2 heterocycles. The number of nitro groups is 1. The number of hydrogen-bond acceptors (Lipinski definition) is 10. The molecule has 11 nitrogen and oxygen atoms in total. The van der Waals surface area contributed by atoms with E-state index in [-0.39, 0.29) is 34.9 Å². The van der Waals surface area contributed by atoms with Crippen LogP contribution in [0.25, 0.3) is 22.3 Å². The summed E-state index contributed by atoms with van der Waals surface area (Å²) in [5.74, 6) is -2.09. The Labute approximate surface area is 265 Å². The van der Waals surface area contributed by atoms with Crippen LogP contribution in [0.5, 0.6) is 5.88 Å². The SMILES string of the molecule is O=[N+]([O-])c1ccncc1-c1ccc(-c2ccc(OCCOCCOCCOCCOCCOCc3ccccc3)nc2)c(F)c1F. The Morgan fingerprint density at radius 2 is 1.22 bits per heavy atom. The second kappa shape index (κ2) is 19.2. The Bertz CT molecular complexity index is 1500. The molecule has 0 unspecified atom stereocenters. The molecule has 0 aliphatic rings. The monoisotopic (exact) mass is 639 g/mol. The standard InChI is InChI=1S/C33H35F2N3O8/c34-32-27(7-8-28(33(32)35)29-23-36-11-10-30(29)38(39)40)26-6-9-31(37-22-26)46-21-20-44-17-16-42-13-12-41-14-15-43-18-19-45-24-25-4-2-1-3-5-25/h1-11,22-23H,12-21,24H2. The van der Waals surface area contributed by atoms with Gasteiger partial charge in [0.25, 0.3) is 5.69 Å². The van der Waals surface area contributed by atoms with E-state index in [9.17, 15) is 18.9 Å². The van der Waals surface area contributed by atoms with Crippen molar-refractivity contribution in [2.75, 3.05) is 66.1 Å². The van der Waals surface area contributed by atoms with E-state index >= 15 is 0 Å². The second-order valence-electron chi connectivity index (χ2n) is 9.66. The van der Waals surface area contributed by atoms with Crippen molar-refractivity contribution < 1.29 is 42.1 Å². The summed E-state index contributed by atoms with van der Waals surface area (Å²) in [6.07, 6.45) is 3.69. The summed E-state index contributed by atoms with van der Waals surface area (Å²) < 4.78 is 62.9. The average molecular weight is 640 g/mol. The predicted molar refractivity (Wildman–Crippen MR) is 164 cm³/mol. The van der Waals surface area contributed by atoms with Gasteiger partial charge in [-0.15, -0.1) is 0 Å². The van der Waals surface area contributed by atoms with E-state index in [1.165, 1.54) is 36.7 Å². The molecular weight excluding hydrogens is 604 g/mol. The van der Waals surface area contributed by atoms with Crippen LogP contribution >= 0.6 is 0 Å². The van der Waals surface area contributed by atoms with Gasteiger partial charge in [0.2, 0.25) is 5.88 Å². The number of benzene rings is 2. The molecule has 244 valence electrons. The number of rotatable bonds is 21. The lowest BCUT2D eigenvalue weighted by atomic mass is 10.00. The van der Waals surface area contributed by atoms with Gasteiger partial charge in [-0.1, -0.05) is 42.5 Å².